The number of hydrogen-bond donors (Lipinski definition) is 0. The summed E-state index contributed by atoms with van der Waals surface area (Å²) in [5.41, 5.74) is 0.299. The first-order chi connectivity index (χ1) is 10.0. The molecule has 0 N–H and O–H groups in total. The third-order valence-electron chi connectivity index (χ3n) is 3.55. The topological polar surface area (TPSA) is 55.3 Å². The van der Waals surface area contributed by atoms with E-state index in [9.17, 15) is 4.79 Å². The first-order valence-corrected chi connectivity index (χ1v) is 7.84. The van der Waals surface area contributed by atoms with Gasteiger partial charge in [-0.2, -0.15) is 0 Å². The highest BCUT2D eigenvalue weighted by Crippen LogP contribution is 2.21. The second-order valence-electron chi connectivity index (χ2n) is 5.55. The Kier molecular flexibility index (Phi) is 5.53. The van der Waals surface area contributed by atoms with Gasteiger partial charge < -0.3 is 9.64 Å². The number of carbonyl (C=O) groups excluding carboxylic acids is 1. The van der Waals surface area contributed by atoms with Gasteiger partial charge in [-0.25, -0.2) is 9.97 Å². The lowest BCUT2D eigenvalue weighted by Gasteiger charge is -2.32. The Hall–Kier alpha value is -1.20. The molecule has 1 amide bonds. The van der Waals surface area contributed by atoms with Gasteiger partial charge >= 0.3 is 0 Å². The monoisotopic (exact) mass is 311 g/mol. The SMILES string of the molecule is CCOC1CCCN(C(=O)c2nc(C(C)C)ncc2Cl)C1. The molecule has 5 nitrogen and oxygen atoms in total. The molecule has 0 bridgehead atoms. The van der Waals surface area contributed by atoms with Gasteiger partial charge in [0.25, 0.3) is 5.91 Å². The van der Waals surface area contributed by atoms with Crippen LogP contribution in [0.4, 0.5) is 0 Å². The predicted octanol–water partition coefficient (Wildman–Crippen LogP) is 2.89. The van der Waals surface area contributed by atoms with Crippen LogP contribution in [0, 0.1) is 0 Å². The maximum atomic E-state index is 12.6. The van der Waals surface area contributed by atoms with Gasteiger partial charge in [-0.1, -0.05) is 25.4 Å². The number of likely N-dealkylation sites (tertiary alicyclic amines) is 1. The molecule has 1 atom stereocenters. The summed E-state index contributed by atoms with van der Waals surface area (Å²) in [5, 5.41) is 0.308. The second kappa shape index (κ2) is 7.18. The van der Waals surface area contributed by atoms with Crippen molar-refractivity contribution in [3.05, 3.63) is 22.7 Å². The van der Waals surface area contributed by atoms with E-state index in [1.54, 1.807) is 4.90 Å². The molecule has 21 heavy (non-hydrogen) atoms. The standard InChI is InChI=1S/C15H22ClN3O2/c1-4-21-11-6-5-7-19(9-11)15(20)13-12(16)8-17-14(18-13)10(2)3/h8,10-11H,4-7,9H2,1-3H3. The average Bonchev–Trinajstić information content (AvgIpc) is 2.47. The van der Waals surface area contributed by atoms with Gasteiger partial charge in [0, 0.05) is 25.6 Å². The van der Waals surface area contributed by atoms with Gasteiger partial charge in [-0.3, -0.25) is 4.79 Å². The quantitative estimate of drug-likeness (QED) is 0.858. The minimum Gasteiger partial charge on any atom is -0.377 e. The van der Waals surface area contributed by atoms with Gasteiger partial charge in [0.1, 0.15) is 5.82 Å². The van der Waals surface area contributed by atoms with Crippen molar-refractivity contribution in [2.24, 2.45) is 0 Å². The summed E-state index contributed by atoms with van der Waals surface area (Å²) in [6.45, 7) is 7.94. The van der Waals surface area contributed by atoms with Crippen LogP contribution in [0.15, 0.2) is 6.20 Å². The van der Waals surface area contributed by atoms with Crippen LogP contribution in [0.2, 0.25) is 5.02 Å². The molecule has 1 aromatic rings. The molecule has 0 spiro atoms. The van der Waals surface area contributed by atoms with E-state index >= 15 is 0 Å². The Morgan fingerprint density at radius 2 is 2.33 bits per heavy atom. The number of piperidine rings is 1. The van der Waals surface area contributed by atoms with Crippen molar-refractivity contribution < 1.29 is 9.53 Å². The molecule has 2 heterocycles. The highest BCUT2D eigenvalue weighted by Gasteiger charge is 2.27. The zero-order valence-corrected chi connectivity index (χ0v) is 13.6. The largest absolute Gasteiger partial charge is 0.377 e. The van der Waals surface area contributed by atoms with E-state index < -0.39 is 0 Å². The van der Waals surface area contributed by atoms with Crippen molar-refractivity contribution in [1.82, 2.24) is 14.9 Å². The number of amides is 1. The zero-order valence-electron chi connectivity index (χ0n) is 12.8. The number of halogens is 1. The molecule has 0 aromatic carbocycles. The lowest BCUT2D eigenvalue weighted by Crippen LogP contribution is -2.43. The molecule has 1 unspecified atom stereocenters. The molecule has 1 saturated heterocycles. The zero-order chi connectivity index (χ0) is 15.4. The summed E-state index contributed by atoms with van der Waals surface area (Å²) in [4.78, 5) is 22.9. The van der Waals surface area contributed by atoms with Crippen LogP contribution in [-0.4, -0.2) is 46.6 Å². The first-order valence-electron chi connectivity index (χ1n) is 7.46. The van der Waals surface area contributed by atoms with Crippen LogP contribution < -0.4 is 0 Å². The third kappa shape index (κ3) is 3.92. The van der Waals surface area contributed by atoms with Gasteiger partial charge in [-0.05, 0) is 19.8 Å². The molecular formula is C15H22ClN3O2. The highest BCUT2D eigenvalue weighted by molar-refractivity contribution is 6.33. The Morgan fingerprint density at radius 3 is 3.00 bits per heavy atom. The molecule has 1 aromatic heterocycles. The smallest absolute Gasteiger partial charge is 0.274 e. The van der Waals surface area contributed by atoms with Crippen LogP contribution in [0.3, 0.4) is 0 Å². The number of aromatic nitrogens is 2. The predicted molar refractivity (Wildman–Crippen MR) is 81.7 cm³/mol. The van der Waals surface area contributed by atoms with E-state index in [-0.39, 0.29) is 17.9 Å². The van der Waals surface area contributed by atoms with E-state index in [0.29, 0.717) is 29.7 Å². The maximum absolute atomic E-state index is 12.6. The minimum absolute atomic E-state index is 0.109. The van der Waals surface area contributed by atoms with Crippen LogP contribution in [-0.2, 0) is 4.74 Å². The molecule has 2 rings (SSSR count). The van der Waals surface area contributed by atoms with Crippen molar-refractivity contribution in [3.63, 3.8) is 0 Å². The normalized spacial score (nSPS) is 19.1. The van der Waals surface area contributed by atoms with Gasteiger partial charge in [-0.15, -0.1) is 0 Å². The van der Waals surface area contributed by atoms with Crippen LogP contribution in [0.25, 0.3) is 0 Å². The number of carbonyl (C=O) groups is 1. The summed E-state index contributed by atoms with van der Waals surface area (Å²) in [6, 6.07) is 0. The summed E-state index contributed by atoms with van der Waals surface area (Å²) in [7, 11) is 0. The Balaban J connectivity index is 2.17. The lowest BCUT2D eigenvalue weighted by atomic mass is 10.1. The van der Waals surface area contributed by atoms with Crippen LogP contribution in [0.5, 0.6) is 0 Å². The molecular weight excluding hydrogens is 290 g/mol. The van der Waals surface area contributed by atoms with Crippen molar-refractivity contribution in [2.45, 2.75) is 45.6 Å². The van der Waals surface area contributed by atoms with Gasteiger partial charge in [0.05, 0.1) is 17.3 Å². The summed E-state index contributed by atoms with van der Waals surface area (Å²) in [6.07, 6.45) is 3.56. The van der Waals surface area contributed by atoms with Gasteiger partial charge in [0.2, 0.25) is 0 Å². The highest BCUT2D eigenvalue weighted by atomic mass is 35.5. The average molecular weight is 312 g/mol. The number of hydrogen-bond acceptors (Lipinski definition) is 4. The van der Waals surface area contributed by atoms with Gasteiger partial charge in [0.15, 0.2) is 5.69 Å². The number of rotatable bonds is 4. The molecule has 0 saturated carbocycles. The van der Waals surface area contributed by atoms with E-state index in [2.05, 4.69) is 9.97 Å². The fraction of sp³-hybridized carbons (Fsp3) is 0.667. The Labute approximate surface area is 130 Å². The fourth-order valence-corrected chi connectivity index (χ4v) is 2.62. The van der Waals surface area contributed by atoms with E-state index in [1.807, 2.05) is 20.8 Å². The molecule has 1 aliphatic heterocycles. The molecule has 0 radical (unpaired) electrons. The van der Waals surface area contributed by atoms with Crippen molar-refractivity contribution in [1.29, 1.82) is 0 Å². The molecule has 0 aliphatic carbocycles. The fourth-order valence-electron chi connectivity index (χ4n) is 2.45. The maximum Gasteiger partial charge on any atom is 0.274 e. The molecule has 1 fully saturated rings. The van der Waals surface area contributed by atoms with Crippen LogP contribution in [0.1, 0.15) is 55.8 Å². The lowest BCUT2D eigenvalue weighted by molar-refractivity contribution is 0.00702. The molecule has 116 valence electrons. The second-order valence-corrected chi connectivity index (χ2v) is 5.96. The molecule has 6 heteroatoms. The number of ether oxygens (including phenoxy) is 1. The Bertz CT molecular complexity index is 506. The summed E-state index contributed by atoms with van der Waals surface area (Å²) >= 11 is 6.11. The summed E-state index contributed by atoms with van der Waals surface area (Å²) < 4.78 is 5.63. The number of nitrogens with zero attached hydrogens (tertiary/aromatic N) is 3. The van der Waals surface area contributed by atoms with E-state index in [4.69, 9.17) is 16.3 Å². The summed E-state index contributed by atoms with van der Waals surface area (Å²) in [5.74, 6) is 0.668. The van der Waals surface area contributed by atoms with Crippen molar-refractivity contribution in [2.75, 3.05) is 19.7 Å². The van der Waals surface area contributed by atoms with Crippen LogP contribution >= 0.6 is 11.6 Å². The van der Waals surface area contributed by atoms with E-state index in [1.165, 1.54) is 6.20 Å². The third-order valence-corrected chi connectivity index (χ3v) is 3.83. The van der Waals surface area contributed by atoms with Crippen molar-refractivity contribution in [3.8, 4) is 0 Å². The first kappa shape index (κ1) is 16.2. The Morgan fingerprint density at radius 1 is 1.57 bits per heavy atom. The minimum atomic E-state index is -0.131. The van der Waals surface area contributed by atoms with E-state index in [0.717, 1.165) is 19.4 Å². The molecule has 1 aliphatic rings. The van der Waals surface area contributed by atoms with Crippen molar-refractivity contribution >= 4 is 17.5 Å².